The van der Waals surface area contributed by atoms with Crippen LogP contribution < -0.4 is 0 Å². The fraction of sp³-hybridized carbons (Fsp3) is 0.727. The van der Waals surface area contributed by atoms with Crippen molar-refractivity contribution in [2.45, 2.75) is 40.0 Å². The number of hydrogen-bond donors (Lipinski definition) is 0. The Kier molecular flexibility index (Phi) is 5.44. The second-order valence-corrected chi connectivity index (χ2v) is 4.08. The normalized spacial score (nSPS) is 11.0. The summed E-state index contributed by atoms with van der Waals surface area (Å²) < 4.78 is 5.00. The zero-order valence-corrected chi connectivity index (χ0v) is 8.93. The maximum atomic E-state index is 10.8. The zero-order valence-electron chi connectivity index (χ0n) is 8.93. The number of esters is 1. The quantitative estimate of drug-likeness (QED) is 0.468. The highest BCUT2D eigenvalue weighted by Crippen LogP contribution is 2.23. The highest BCUT2D eigenvalue weighted by molar-refractivity contribution is 5.81. The van der Waals surface area contributed by atoms with E-state index in [1.165, 1.54) is 18.9 Å². The topological polar surface area (TPSA) is 26.3 Å². The molecule has 2 heteroatoms. The molecule has 76 valence electrons. The minimum Gasteiger partial charge on any atom is -0.462 e. The van der Waals surface area contributed by atoms with Crippen molar-refractivity contribution in [2.24, 2.45) is 5.41 Å². The lowest BCUT2D eigenvalue weighted by Crippen LogP contribution is -2.21. The van der Waals surface area contributed by atoms with Crippen LogP contribution in [0.3, 0.4) is 0 Å². The molecule has 0 amide bonds. The van der Waals surface area contributed by atoms with Crippen LogP contribution in [0.15, 0.2) is 12.7 Å². The number of rotatable bonds is 6. The maximum Gasteiger partial charge on any atom is 0.330 e. The molecule has 0 rings (SSSR count). The number of hydrogen-bond acceptors (Lipinski definition) is 2. The van der Waals surface area contributed by atoms with Crippen LogP contribution >= 0.6 is 0 Å². The molecule has 0 aliphatic carbocycles. The van der Waals surface area contributed by atoms with Gasteiger partial charge in [-0.1, -0.05) is 40.2 Å². The van der Waals surface area contributed by atoms with Crippen molar-refractivity contribution in [1.82, 2.24) is 0 Å². The second-order valence-electron chi connectivity index (χ2n) is 4.08. The van der Waals surface area contributed by atoms with Crippen LogP contribution in [0.5, 0.6) is 0 Å². The van der Waals surface area contributed by atoms with Crippen molar-refractivity contribution < 1.29 is 9.53 Å². The molecule has 0 aliphatic rings. The van der Waals surface area contributed by atoms with E-state index in [0.29, 0.717) is 6.61 Å². The third-order valence-electron chi connectivity index (χ3n) is 1.98. The lowest BCUT2D eigenvalue weighted by atomic mass is 9.88. The molecular formula is C11H20O2. The van der Waals surface area contributed by atoms with Gasteiger partial charge in [0.15, 0.2) is 0 Å². The van der Waals surface area contributed by atoms with E-state index < -0.39 is 0 Å². The molecule has 0 saturated heterocycles. The minimum absolute atomic E-state index is 0.0919. The van der Waals surface area contributed by atoms with Gasteiger partial charge in [0, 0.05) is 6.08 Å². The van der Waals surface area contributed by atoms with E-state index in [0.717, 1.165) is 6.42 Å². The van der Waals surface area contributed by atoms with Crippen molar-refractivity contribution >= 4 is 5.97 Å². The summed E-state index contributed by atoms with van der Waals surface area (Å²) in [4.78, 5) is 10.8. The molecule has 0 aromatic carbocycles. The van der Waals surface area contributed by atoms with Crippen molar-refractivity contribution in [2.75, 3.05) is 6.61 Å². The van der Waals surface area contributed by atoms with E-state index in [1.807, 2.05) is 0 Å². The smallest absolute Gasteiger partial charge is 0.330 e. The van der Waals surface area contributed by atoms with Gasteiger partial charge in [0.05, 0.1) is 6.61 Å². The monoisotopic (exact) mass is 184 g/mol. The van der Waals surface area contributed by atoms with Crippen LogP contribution in [0.1, 0.15) is 40.0 Å². The van der Waals surface area contributed by atoms with Crippen LogP contribution in [0, 0.1) is 5.41 Å². The number of unbranched alkanes of at least 4 members (excludes halogenated alkanes) is 1. The number of carbonyl (C=O) groups is 1. The average Bonchev–Trinajstić information content (AvgIpc) is 2.11. The Morgan fingerprint density at radius 3 is 2.62 bits per heavy atom. The summed E-state index contributed by atoms with van der Waals surface area (Å²) in [6.45, 7) is 10.2. The summed E-state index contributed by atoms with van der Waals surface area (Å²) in [6.07, 6.45) is 4.65. The molecule has 2 nitrogen and oxygen atoms in total. The third-order valence-corrected chi connectivity index (χ3v) is 1.98. The largest absolute Gasteiger partial charge is 0.462 e. The molecule has 0 bridgehead atoms. The van der Waals surface area contributed by atoms with Crippen LogP contribution in [-0.2, 0) is 9.53 Å². The fourth-order valence-corrected chi connectivity index (χ4v) is 1.05. The zero-order chi connectivity index (χ0) is 10.3. The lowest BCUT2D eigenvalue weighted by molar-refractivity contribution is -0.140. The van der Waals surface area contributed by atoms with Crippen LogP contribution in [0.4, 0.5) is 0 Å². The van der Waals surface area contributed by atoms with Crippen LogP contribution in [0.2, 0.25) is 0 Å². The summed E-state index contributed by atoms with van der Waals surface area (Å²) in [5.41, 5.74) is 0.0919. The van der Waals surface area contributed by atoms with E-state index >= 15 is 0 Å². The van der Waals surface area contributed by atoms with E-state index in [9.17, 15) is 4.79 Å². The molecular weight excluding hydrogens is 164 g/mol. The molecule has 0 aromatic heterocycles. The summed E-state index contributed by atoms with van der Waals surface area (Å²) in [7, 11) is 0. The summed E-state index contributed by atoms with van der Waals surface area (Å²) in [5.74, 6) is -0.329. The number of carbonyl (C=O) groups excluding carboxylic acids is 1. The van der Waals surface area contributed by atoms with Gasteiger partial charge in [-0.2, -0.15) is 0 Å². The highest BCUT2D eigenvalue weighted by Gasteiger charge is 2.18. The predicted molar refractivity (Wildman–Crippen MR) is 54.5 cm³/mol. The van der Waals surface area contributed by atoms with Crippen molar-refractivity contribution in [1.29, 1.82) is 0 Å². The fourth-order valence-electron chi connectivity index (χ4n) is 1.05. The standard InChI is InChI=1S/C11H20O2/c1-5-7-8-11(3,4)9-13-10(12)6-2/h6H,2,5,7-9H2,1,3-4H3. The minimum atomic E-state index is -0.329. The molecule has 13 heavy (non-hydrogen) atoms. The van der Waals surface area contributed by atoms with Crippen molar-refractivity contribution in [3.8, 4) is 0 Å². The first-order valence-electron chi connectivity index (χ1n) is 4.81. The SMILES string of the molecule is C=CC(=O)OCC(C)(C)CCCC. The predicted octanol–water partition coefficient (Wildman–Crippen LogP) is 2.93. The van der Waals surface area contributed by atoms with Gasteiger partial charge >= 0.3 is 5.97 Å². The van der Waals surface area contributed by atoms with Gasteiger partial charge in [-0.25, -0.2) is 4.79 Å². The first-order chi connectivity index (χ1) is 6.02. The van der Waals surface area contributed by atoms with Gasteiger partial charge in [-0.15, -0.1) is 0 Å². The van der Waals surface area contributed by atoms with Gasteiger partial charge in [0.1, 0.15) is 0 Å². The van der Waals surface area contributed by atoms with Crippen molar-refractivity contribution in [3.63, 3.8) is 0 Å². The Balaban J connectivity index is 3.74. The molecule has 0 N–H and O–H groups in total. The van der Waals surface area contributed by atoms with E-state index in [4.69, 9.17) is 4.74 Å². The van der Waals surface area contributed by atoms with E-state index in [2.05, 4.69) is 27.4 Å². The molecule has 0 fully saturated rings. The molecule has 0 aliphatic heterocycles. The second kappa shape index (κ2) is 5.79. The molecule has 0 spiro atoms. The van der Waals surface area contributed by atoms with Gasteiger partial charge in [0.25, 0.3) is 0 Å². The molecule has 0 heterocycles. The van der Waals surface area contributed by atoms with Gasteiger partial charge in [-0.3, -0.25) is 0 Å². The van der Waals surface area contributed by atoms with Crippen LogP contribution in [-0.4, -0.2) is 12.6 Å². The number of ether oxygens (including phenoxy) is 1. The van der Waals surface area contributed by atoms with Crippen molar-refractivity contribution in [3.05, 3.63) is 12.7 Å². The van der Waals surface area contributed by atoms with Gasteiger partial charge in [-0.05, 0) is 11.8 Å². The van der Waals surface area contributed by atoms with E-state index in [1.54, 1.807) is 0 Å². The summed E-state index contributed by atoms with van der Waals surface area (Å²) in [6, 6.07) is 0. The molecule has 0 atom stereocenters. The lowest BCUT2D eigenvalue weighted by Gasteiger charge is -2.23. The Morgan fingerprint density at radius 2 is 2.15 bits per heavy atom. The Hall–Kier alpha value is -0.790. The Morgan fingerprint density at radius 1 is 1.54 bits per heavy atom. The molecule has 0 saturated carbocycles. The molecule has 0 aromatic rings. The Bertz CT molecular complexity index is 171. The first-order valence-corrected chi connectivity index (χ1v) is 4.81. The van der Waals surface area contributed by atoms with Crippen LogP contribution in [0.25, 0.3) is 0 Å². The third kappa shape index (κ3) is 6.38. The summed E-state index contributed by atoms with van der Waals surface area (Å²) >= 11 is 0. The molecule has 0 unspecified atom stereocenters. The maximum absolute atomic E-state index is 10.8. The van der Waals surface area contributed by atoms with Gasteiger partial charge < -0.3 is 4.74 Å². The summed E-state index contributed by atoms with van der Waals surface area (Å²) in [5, 5.41) is 0. The van der Waals surface area contributed by atoms with E-state index in [-0.39, 0.29) is 11.4 Å². The Labute approximate surface area is 81.0 Å². The van der Waals surface area contributed by atoms with Gasteiger partial charge in [0.2, 0.25) is 0 Å². The average molecular weight is 184 g/mol. The highest BCUT2D eigenvalue weighted by atomic mass is 16.5. The molecule has 0 radical (unpaired) electrons. The first kappa shape index (κ1) is 12.2.